The number of nitrogens with one attached hydrogen (secondary N) is 1. The highest BCUT2D eigenvalue weighted by atomic mass is 35.5. The summed E-state index contributed by atoms with van der Waals surface area (Å²) in [5.74, 6) is -1.28. The fourth-order valence-electron chi connectivity index (χ4n) is 2.32. The van der Waals surface area contributed by atoms with Gasteiger partial charge < -0.3 is 10.4 Å². The van der Waals surface area contributed by atoms with E-state index < -0.39 is 5.97 Å². The molecule has 25 heavy (non-hydrogen) atoms. The third-order valence-electron chi connectivity index (χ3n) is 3.41. The molecule has 2 N–H and O–H groups in total. The van der Waals surface area contributed by atoms with Crippen molar-refractivity contribution in [2.75, 3.05) is 6.54 Å². The molecule has 0 spiro atoms. The molecule has 0 atom stereocenters. The number of nitrogens with zero attached hydrogens (tertiary/aromatic N) is 1. The number of aromatic nitrogens is 1. The van der Waals surface area contributed by atoms with Crippen LogP contribution in [-0.2, 0) is 4.79 Å². The van der Waals surface area contributed by atoms with E-state index in [1.54, 1.807) is 12.1 Å². The van der Waals surface area contributed by atoms with Gasteiger partial charge in [-0.15, -0.1) is 23.7 Å². The zero-order valence-electron chi connectivity index (χ0n) is 12.9. The number of thiophene rings is 1. The van der Waals surface area contributed by atoms with Gasteiger partial charge in [-0.25, -0.2) is 4.98 Å². The molecule has 0 unspecified atom stereocenters. The van der Waals surface area contributed by atoms with E-state index in [1.165, 1.54) is 11.3 Å². The molecule has 0 saturated heterocycles. The number of halogens is 2. The van der Waals surface area contributed by atoms with Crippen LogP contribution in [0.3, 0.4) is 0 Å². The summed E-state index contributed by atoms with van der Waals surface area (Å²) < 4.78 is 0.646. The topological polar surface area (TPSA) is 79.3 Å². The van der Waals surface area contributed by atoms with E-state index in [1.807, 2.05) is 30.3 Å². The summed E-state index contributed by atoms with van der Waals surface area (Å²) in [6.45, 7) is 0.0744. The molecule has 3 aromatic rings. The van der Waals surface area contributed by atoms with Crippen LogP contribution in [-0.4, -0.2) is 28.5 Å². The first-order valence-corrected chi connectivity index (χ1v) is 8.39. The Labute approximate surface area is 159 Å². The maximum absolute atomic E-state index is 12.5. The summed E-state index contributed by atoms with van der Waals surface area (Å²) in [6, 6.07) is 12.7. The summed E-state index contributed by atoms with van der Waals surface area (Å²) >= 11 is 7.37. The lowest BCUT2D eigenvalue weighted by molar-refractivity contribution is -0.136. The second-order valence-electron chi connectivity index (χ2n) is 5.08. The highest BCUT2D eigenvalue weighted by molar-refractivity contribution is 7.19. The second-order valence-corrected chi connectivity index (χ2v) is 6.79. The zero-order chi connectivity index (χ0) is 17.1. The molecule has 1 amide bonds. The minimum atomic E-state index is -0.955. The van der Waals surface area contributed by atoms with Gasteiger partial charge in [-0.05, 0) is 24.3 Å². The number of carboxylic acids is 1. The Morgan fingerprint density at radius 3 is 2.64 bits per heavy atom. The summed E-state index contributed by atoms with van der Waals surface area (Å²) in [5.41, 5.74) is 1.82. The molecule has 130 valence electrons. The molecule has 8 heteroatoms. The number of amides is 1. The smallest absolute Gasteiger partial charge is 0.305 e. The number of fused-ring (bicyclic) bond motifs is 1. The van der Waals surface area contributed by atoms with Crippen molar-refractivity contribution in [2.45, 2.75) is 6.42 Å². The lowest BCUT2D eigenvalue weighted by atomic mass is 10.1. The van der Waals surface area contributed by atoms with Crippen LogP contribution in [0.25, 0.3) is 21.5 Å². The maximum atomic E-state index is 12.5. The molecule has 0 aliphatic rings. The molecule has 2 aromatic heterocycles. The van der Waals surface area contributed by atoms with Crippen molar-refractivity contribution < 1.29 is 14.7 Å². The minimum absolute atomic E-state index is 0. The molecule has 0 radical (unpaired) electrons. The molecule has 0 aliphatic carbocycles. The zero-order valence-corrected chi connectivity index (χ0v) is 15.2. The van der Waals surface area contributed by atoms with Gasteiger partial charge in [0.1, 0.15) is 0 Å². The van der Waals surface area contributed by atoms with Crippen LogP contribution in [0.1, 0.15) is 16.8 Å². The Balaban J connectivity index is 0.00000225. The highest BCUT2D eigenvalue weighted by Gasteiger charge is 2.14. The number of aliphatic carboxylic acids is 1. The van der Waals surface area contributed by atoms with Crippen LogP contribution in [0.15, 0.2) is 42.5 Å². The van der Waals surface area contributed by atoms with Gasteiger partial charge in [-0.2, -0.15) is 0 Å². The van der Waals surface area contributed by atoms with E-state index in [9.17, 15) is 9.59 Å². The molecule has 0 fully saturated rings. The molecule has 0 saturated carbocycles. The summed E-state index contributed by atoms with van der Waals surface area (Å²) in [5, 5.41) is 12.0. The molecule has 2 heterocycles. The lowest BCUT2D eigenvalue weighted by Crippen LogP contribution is -2.26. The van der Waals surface area contributed by atoms with Crippen molar-refractivity contribution in [1.82, 2.24) is 10.3 Å². The van der Waals surface area contributed by atoms with E-state index in [0.717, 1.165) is 10.3 Å². The second kappa shape index (κ2) is 8.29. The van der Waals surface area contributed by atoms with Gasteiger partial charge in [0.2, 0.25) is 0 Å². The van der Waals surface area contributed by atoms with Crippen molar-refractivity contribution in [3.8, 4) is 10.6 Å². The summed E-state index contributed by atoms with van der Waals surface area (Å²) in [4.78, 5) is 28.5. The Morgan fingerprint density at radius 1 is 1.20 bits per heavy atom. The van der Waals surface area contributed by atoms with Gasteiger partial charge in [0, 0.05) is 11.9 Å². The van der Waals surface area contributed by atoms with E-state index >= 15 is 0 Å². The molecular weight excluding hydrogens is 383 g/mol. The van der Waals surface area contributed by atoms with Crippen molar-refractivity contribution in [3.05, 3.63) is 52.4 Å². The Kier molecular flexibility index (Phi) is 6.36. The molecule has 1 aromatic carbocycles. The molecule has 0 aliphatic heterocycles. The number of hydrogen-bond acceptors (Lipinski definition) is 4. The van der Waals surface area contributed by atoms with Crippen LogP contribution >= 0.6 is 35.3 Å². The quantitative estimate of drug-likeness (QED) is 0.675. The van der Waals surface area contributed by atoms with Gasteiger partial charge in [0.15, 0.2) is 0 Å². The number of para-hydroxylation sites is 1. The van der Waals surface area contributed by atoms with Crippen molar-refractivity contribution >= 4 is 58.1 Å². The number of rotatable bonds is 5. The number of pyridine rings is 1. The predicted octanol–water partition coefficient (Wildman–Crippen LogP) is 4.24. The Bertz CT molecular complexity index is 927. The van der Waals surface area contributed by atoms with Crippen LogP contribution < -0.4 is 5.32 Å². The molecule has 5 nitrogen and oxygen atoms in total. The SMILES string of the molecule is Cl.O=C(O)CCNC(=O)c1cc(-c2ccc(Cl)s2)nc2ccccc12. The van der Waals surface area contributed by atoms with Crippen molar-refractivity contribution in [3.63, 3.8) is 0 Å². The third-order valence-corrected chi connectivity index (χ3v) is 4.66. The fraction of sp³-hybridized carbons (Fsp3) is 0.118. The lowest BCUT2D eigenvalue weighted by Gasteiger charge is -2.09. The first-order chi connectivity index (χ1) is 11.5. The van der Waals surface area contributed by atoms with E-state index in [-0.39, 0.29) is 31.3 Å². The van der Waals surface area contributed by atoms with E-state index in [4.69, 9.17) is 16.7 Å². The third kappa shape index (κ3) is 4.48. The molecule has 0 bridgehead atoms. The number of benzene rings is 1. The van der Waals surface area contributed by atoms with Gasteiger partial charge in [-0.3, -0.25) is 9.59 Å². The van der Waals surface area contributed by atoms with E-state index in [0.29, 0.717) is 21.1 Å². The first-order valence-electron chi connectivity index (χ1n) is 7.20. The predicted molar refractivity (Wildman–Crippen MR) is 102 cm³/mol. The minimum Gasteiger partial charge on any atom is -0.481 e. The largest absolute Gasteiger partial charge is 0.481 e. The fourth-order valence-corrected chi connectivity index (χ4v) is 3.32. The van der Waals surface area contributed by atoms with Crippen molar-refractivity contribution in [1.29, 1.82) is 0 Å². The maximum Gasteiger partial charge on any atom is 0.305 e. The van der Waals surface area contributed by atoms with Crippen LogP contribution in [0.2, 0.25) is 4.34 Å². The average molecular weight is 397 g/mol. The number of carbonyl (C=O) groups excluding carboxylic acids is 1. The van der Waals surface area contributed by atoms with Crippen LogP contribution in [0.4, 0.5) is 0 Å². The van der Waals surface area contributed by atoms with Gasteiger partial charge in [0.25, 0.3) is 5.91 Å². The standard InChI is InChI=1S/C17H13ClN2O3S.ClH/c18-15-6-5-14(24-15)13-9-11(17(23)19-8-7-16(21)22)10-3-1-2-4-12(10)20-13;/h1-6,9H,7-8H2,(H,19,23)(H,21,22);1H. The summed E-state index contributed by atoms with van der Waals surface area (Å²) in [7, 11) is 0. The highest BCUT2D eigenvalue weighted by Crippen LogP contribution is 2.32. The number of carbonyl (C=O) groups is 2. The Morgan fingerprint density at radius 2 is 1.96 bits per heavy atom. The van der Waals surface area contributed by atoms with Gasteiger partial charge in [-0.1, -0.05) is 29.8 Å². The van der Waals surface area contributed by atoms with Crippen LogP contribution in [0, 0.1) is 0 Å². The molecular formula is C17H14Cl2N2O3S. The van der Waals surface area contributed by atoms with E-state index in [2.05, 4.69) is 10.3 Å². The number of hydrogen-bond donors (Lipinski definition) is 2. The first kappa shape index (κ1) is 19.2. The van der Waals surface area contributed by atoms with Crippen molar-refractivity contribution in [2.24, 2.45) is 0 Å². The van der Waals surface area contributed by atoms with Gasteiger partial charge >= 0.3 is 5.97 Å². The monoisotopic (exact) mass is 396 g/mol. The van der Waals surface area contributed by atoms with Gasteiger partial charge in [0.05, 0.1) is 32.4 Å². The normalized spacial score (nSPS) is 10.3. The average Bonchev–Trinajstić information content (AvgIpc) is 3.00. The molecule has 3 rings (SSSR count). The Hall–Kier alpha value is -2.15. The summed E-state index contributed by atoms with van der Waals surface area (Å²) in [6.07, 6.45) is -0.123. The number of carboxylic acid groups (broad SMARTS) is 1. The van der Waals surface area contributed by atoms with Crippen LogP contribution in [0.5, 0.6) is 0 Å².